The first-order valence-electron chi connectivity index (χ1n) is 11.8. The number of fused-ring (bicyclic) bond motifs is 1. The third kappa shape index (κ3) is 5.09. The van der Waals surface area contributed by atoms with Crippen molar-refractivity contribution < 1.29 is 24.2 Å². The van der Waals surface area contributed by atoms with Crippen LogP contribution in [0.4, 0.5) is 15.3 Å². The monoisotopic (exact) mass is 487 g/mol. The molecule has 0 unspecified atom stereocenters. The Morgan fingerprint density at radius 2 is 1.91 bits per heavy atom. The number of urea groups is 1. The highest BCUT2D eigenvalue weighted by Gasteiger charge is 2.34. The van der Waals surface area contributed by atoms with Crippen molar-refractivity contribution in [2.24, 2.45) is 0 Å². The Kier molecular flexibility index (Phi) is 6.94. The van der Waals surface area contributed by atoms with E-state index in [0.29, 0.717) is 39.1 Å². The van der Waals surface area contributed by atoms with Gasteiger partial charge in [0, 0.05) is 64.6 Å². The molecule has 184 valence electrons. The van der Waals surface area contributed by atoms with Crippen molar-refractivity contribution in [3.05, 3.63) is 24.5 Å². The van der Waals surface area contributed by atoms with Gasteiger partial charge in [-0.05, 0) is 31.0 Å². The van der Waals surface area contributed by atoms with Crippen LogP contribution >= 0.6 is 0 Å². The molecule has 2 aliphatic rings. The molecular formula is C23H33N5O5Si. The Hall–Kier alpha value is -2.92. The molecule has 11 heteroatoms. The van der Waals surface area contributed by atoms with Crippen LogP contribution in [0.15, 0.2) is 24.5 Å². The summed E-state index contributed by atoms with van der Waals surface area (Å²) in [6.45, 7) is 8.55. The van der Waals surface area contributed by atoms with Crippen LogP contribution in [0.5, 0.6) is 0 Å². The van der Waals surface area contributed by atoms with Gasteiger partial charge in [0.2, 0.25) is 5.91 Å². The van der Waals surface area contributed by atoms with Crippen molar-refractivity contribution in [3.63, 3.8) is 0 Å². The van der Waals surface area contributed by atoms with Crippen molar-refractivity contribution >= 4 is 42.8 Å². The van der Waals surface area contributed by atoms with E-state index in [2.05, 4.69) is 29.2 Å². The maximum atomic E-state index is 13.3. The van der Waals surface area contributed by atoms with Gasteiger partial charge in [-0.1, -0.05) is 19.6 Å². The molecular weight excluding hydrogens is 454 g/mol. The highest BCUT2D eigenvalue weighted by Crippen LogP contribution is 2.33. The quantitative estimate of drug-likeness (QED) is 0.470. The number of hydrogen-bond acceptors (Lipinski definition) is 5. The Morgan fingerprint density at radius 3 is 2.59 bits per heavy atom. The predicted octanol–water partition coefficient (Wildman–Crippen LogP) is 3.82. The highest BCUT2D eigenvalue weighted by atomic mass is 28.3. The molecule has 0 aliphatic carbocycles. The molecule has 0 radical (unpaired) electrons. The fourth-order valence-electron chi connectivity index (χ4n) is 4.48. The number of rotatable bonds is 7. The molecule has 34 heavy (non-hydrogen) atoms. The van der Waals surface area contributed by atoms with Gasteiger partial charge in [0.1, 0.15) is 12.4 Å². The van der Waals surface area contributed by atoms with E-state index in [4.69, 9.17) is 4.74 Å². The fourth-order valence-corrected chi connectivity index (χ4v) is 5.24. The molecule has 2 aromatic rings. The SMILES string of the molecule is C[Si](C)(C)CCOCN1C(=O)CCN(c2ccnc3c2ccn3C2CCN(C(=O)O)CC2)C1=O. The number of carbonyl (C=O) groups is 3. The lowest BCUT2D eigenvalue weighted by molar-refractivity contribution is -0.133. The summed E-state index contributed by atoms with van der Waals surface area (Å²) in [5.41, 5.74) is 1.48. The fraction of sp³-hybridized carbons (Fsp3) is 0.565. The second kappa shape index (κ2) is 9.75. The second-order valence-corrected chi connectivity index (χ2v) is 15.8. The minimum absolute atomic E-state index is 0.0317. The van der Waals surface area contributed by atoms with E-state index in [1.807, 2.05) is 12.3 Å². The van der Waals surface area contributed by atoms with Crippen LogP contribution in [0.3, 0.4) is 0 Å². The van der Waals surface area contributed by atoms with Gasteiger partial charge in [0.15, 0.2) is 0 Å². The number of anilines is 1. The molecule has 0 spiro atoms. The van der Waals surface area contributed by atoms with Crippen LogP contribution in [0.25, 0.3) is 11.0 Å². The summed E-state index contributed by atoms with van der Waals surface area (Å²) in [4.78, 5) is 45.8. The Balaban J connectivity index is 1.50. The normalized spacial score (nSPS) is 18.3. The average Bonchev–Trinajstić information content (AvgIpc) is 3.22. The van der Waals surface area contributed by atoms with Crippen molar-refractivity contribution in [1.82, 2.24) is 19.4 Å². The molecule has 0 aromatic carbocycles. The maximum Gasteiger partial charge on any atom is 0.407 e. The molecule has 4 heterocycles. The molecule has 2 saturated heterocycles. The number of hydrogen-bond donors (Lipinski definition) is 1. The van der Waals surface area contributed by atoms with Crippen molar-refractivity contribution in [1.29, 1.82) is 0 Å². The lowest BCUT2D eigenvalue weighted by Gasteiger charge is -2.34. The standard InChI is InChI=1S/C23H33N5O5Si/c1-34(2,3)15-14-33-16-28-20(29)8-13-27(22(28)30)19-4-9-24-21-18(19)7-12-26(21)17-5-10-25(11-6-17)23(31)32/h4,7,9,12,17H,5-6,8,10-11,13-16H2,1-3H3,(H,31,32). The lowest BCUT2D eigenvalue weighted by atomic mass is 10.1. The Morgan fingerprint density at radius 1 is 1.18 bits per heavy atom. The maximum absolute atomic E-state index is 13.3. The van der Waals surface area contributed by atoms with Crippen LogP contribution < -0.4 is 4.90 Å². The third-order valence-electron chi connectivity index (χ3n) is 6.54. The summed E-state index contributed by atoms with van der Waals surface area (Å²) in [5, 5.41) is 10.0. The van der Waals surface area contributed by atoms with E-state index >= 15 is 0 Å². The topological polar surface area (TPSA) is 108 Å². The first-order valence-corrected chi connectivity index (χ1v) is 15.5. The second-order valence-electron chi connectivity index (χ2n) is 10.1. The first-order chi connectivity index (χ1) is 16.2. The smallest absolute Gasteiger partial charge is 0.407 e. The van der Waals surface area contributed by atoms with Crippen molar-refractivity contribution in [2.45, 2.75) is 51.0 Å². The van der Waals surface area contributed by atoms with E-state index in [0.717, 1.165) is 22.8 Å². The molecule has 0 atom stereocenters. The summed E-state index contributed by atoms with van der Waals surface area (Å²) >= 11 is 0. The number of pyridine rings is 1. The molecule has 10 nitrogen and oxygen atoms in total. The number of piperidine rings is 1. The predicted molar refractivity (Wildman–Crippen MR) is 131 cm³/mol. The number of likely N-dealkylation sites (tertiary alicyclic amines) is 1. The van der Waals surface area contributed by atoms with Crippen molar-refractivity contribution in [3.8, 4) is 0 Å². The molecule has 1 N–H and O–H groups in total. The number of imide groups is 1. The first kappa shape index (κ1) is 24.2. The van der Waals surface area contributed by atoms with Gasteiger partial charge >= 0.3 is 12.1 Å². The zero-order chi connectivity index (χ0) is 24.5. The summed E-state index contributed by atoms with van der Waals surface area (Å²) in [7, 11) is -1.26. The number of nitrogens with zero attached hydrogens (tertiary/aromatic N) is 5. The van der Waals surface area contributed by atoms with Gasteiger partial charge in [-0.15, -0.1) is 0 Å². The molecule has 4 amide bonds. The summed E-state index contributed by atoms with van der Waals surface area (Å²) in [6, 6.07) is 4.49. The van der Waals surface area contributed by atoms with Gasteiger partial charge in [-0.25, -0.2) is 19.5 Å². The Labute approximate surface area is 200 Å². The minimum Gasteiger partial charge on any atom is -0.465 e. The third-order valence-corrected chi connectivity index (χ3v) is 8.24. The summed E-state index contributed by atoms with van der Waals surface area (Å²) in [6.07, 6.45) is 4.41. The molecule has 4 rings (SSSR count). The average molecular weight is 488 g/mol. The van der Waals surface area contributed by atoms with E-state index < -0.39 is 14.2 Å². The van der Waals surface area contributed by atoms with E-state index in [1.165, 1.54) is 9.80 Å². The molecule has 2 aromatic heterocycles. The van der Waals surface area contributed by atoms with Crippen molar-refractivity contribution in [2.75, 3.05) is 37.9 Å². The number of carbonyl (C=O) groups excluding carboxylic acids is 2. The number of aromatic nitrogens is 2. The highest BCUT2D eigenvalue weighted by molar-refractivity contribution is 6.76. The number of carboxylic acid groups (broad SMARTS) is 1. The lowest BCUT2D eigenvalue weighted by Crippen LogP contribution is -2.53. The van der Waals surface area contributed by atoms with Gasteiger partial charge in [-0.2, -0.15) is 0 Å². The number of ether oxygens (including phenoxy) is 1. The molecule has 2 fully saturated rings. The molecule has 2 aliphatic heterocycles. The minimum atomic E-state index is -1.26. The largest absolute Gasteiger partial charge is 0.465 e. The van der Waals surface area contributed by atoms with E-state index in [1.54, 1.807) is 17.2 Å². The number of amides is 4. The van der Waals surface area contributed by atoms with Gasteiger partial charge in [0.05, 0.1) is 5.69 Å². The molecule has 0 bridgehead atoms. The van der Waals surface area contributed by atoms with E-state index in [-0.39, 0.29) is 31.1 Å². The van der Waals surface area contributed by atoms with Crippen LogP contribution in [0.1, 0.15) is 25.3 Å². The van der Waals surface area contributed by atoms with Gasteiger partial charge in [0.25, 0.3) is 0 Å². The van der Waals surface area contributed by atoms with Gasteiger partial charge < -0.3 is 19.3 Å². The van der Waals surface area contributed by atoms with Crippen LogP contribution in [0.2, 0.25) is 25.7 Å². The van der Waals surface area contributed by atoms with Crippen LogP contribution in [-0.4, -0.2) is 83.5 Å². The Bertz CT molecular complexity index is 1070. The van der Waals surface area contributed by atoms with E-state index in [9.17, 15) is 19.5 Å². The summed E-state index contributed by atoms with van der Waals surface area (Å²) < 4.78 is 7.78. The zero-order valence-corrected chi connectivity index (χ0v) is 21.1. The molecule has 0 saturated carbocycles. The van der Waals surface area contributed by atoms with Gasteiger partial charge in [-0.3, -0.25) is 9.69 Å². The summed E-state index contributed by atoms with van der Waals surface area (Å²) in [5.74, 6) is -0.220. The zero-order valence-electron chi connectivity index (χ0n) is 20.1. The van der Waals surface area contributed by atoms with Crippen LogP contribution in [0, 0.1) is 0 Å². The van der Waals surface area contributed by atoms with Crippen LogP contribution in [-0.2, 0) is 9.53 Å².